The monoisotopic (exact) mass is 524 g/mol. The largest absolute Gasteiger partial charge is 0.505 e. The number of ketones is 1. The summed E-state index contributed by atoms with van der Waals surface area (Å²) in [5.74, 6) is -0.844. The van der Waals surface area contributed by atoms with Crippen molar-refractivity contribution in [2.75, 3.05) is 13.2 Å². The molecule has 39 heavy (non-hydrogen) atoms. The van der Waals surface area contributed by atoms with Crippen LogP contribution in [0, 0.1) is 6.92 Å². The SMILES string of the molecule is C=CCOc1ccc(C2/C(=C(\O)c3c(C)nc4ccccn34)C(=O)C(=O)N2Cc2cccnc2)cc1OCC. The van der Waals surface area contributed by atoms with Gasteiger partial charge in [0.2, 0.25) is 0 Å². The molecule has 4 heterocycles. The average molecular weight is 525 g/mol. The normalized spacial score (nSPS) is 16.6. The molecule has 9 heteroatoms. The van der Waals surface area contributed by atoms with Gasteiger partial charge in [0.05, 0.1) is 23.9 Å². The zero-order valence-electron chi connectivity index (χ0n) is 21.7. The lowest BCUT2D eigenvalue weighted by Gasteiger charge is -2.26. The van der Waals surface area contributed by atoms with Crippen molar-refractivity contribution in [3.05, 3.63) is 108 Å². The maximum absolute atomic E-state index is 13.6. The van der Waals surface area contributed by atoms with Crippen molar-refractivity contribution in [2.24, 2.45) is 0 Å². The number of hydrogen-bond acceptors (Lipinski definition) is 7. The van der Waals surface area contributed by atoms with Crippen LogP contribution in [0.4, 0.5) is 0 Å². The van der Waals surface area contributed by atoms with Crippen LogP contribution in [0.1, 0.15) is 35.5 Å². The number of fused-ring (bicyclic) bond motifs is 1. The second kappa shape index (κ2) is 10.8. The molecule has 1 saturated heterocycles. The minimum absolute atomic E-state index is 0.0279. The molecule has 4 aromatic rings. The molecule has 1 aromatic carbocycles. The molecule has 198 valence electrons. The summed E-state index contributed by atoms with van der Waals surface area (Å²) in [4.78, 5) is 37.1. The number of aromatic nitrogens is 3. The third kappa shape index (κ3) is 4.74. The van der Waals surface area contributed by atoms with E-state index in [2.05, 4.69) is 16.5 Å². The summed E-state index contributed by atoms with van der Waals surface area (Å²) in [6.07, 6.45) is 6.66. The molecule has 0 aliphatic carbocycles. The van der Waals surface area contributed by atoms with E-state index < -0.39 is 17.7 Å². The van der Waals surface area contributed by atoms with Gasteiger partial charge in [-0.15, -0.1) is 0 Å². The Morgan fingerprint density at radius 1 is 1.13 bits per heavy atom. The van der Waals surface area contributed by atoms with E-state index in [1.54, 1.807) is 72.4 Å². The molecule has 1 fully saturated rings. The van der Waals surface area contributed by atoms with Gasteiger partial charge in [-0.25, -0.2) is 4.98 Å². The van der Waals surface area contributed by atoms with Crippen LogP contribution in [-0.4, -0.2) is 49.3 Å². The van der Waals surface area contributed by atoms with Crippen molar-refractivity contribution >= 4 is 23.1 Å². The van der Waals surface area contributed by atoms with Crippen LogP contribution in [0.2, 0.25) is 0 Å². The van der Waals surface area contributed by atoms with Gasteiger partial charge in [-0.3, -0.25) is 19.0 Å². The van der Waals surface area contributed by atoms with Crippen LogP contribution in [0.3, 0.4) is 0 Å². The highest BCUT2D eigenvalue weighted by molar-refractivity contribution is 6.46. The van der Waals surface area contributed by atoms with Crippen molar-refractivity contribution in [3.63, 3.8) is 0 Å². The molecule has 0 bridgehead atoms. The van der Waals surface area contributed by atoms with E-state index >= 15 is 0 Å². The summed E-state index contributed by atoms with van der Waals surface area (Å²) in [5.41, 5.74) is 2.79. The summed E-state index contributed by atoms with van der Waals surface area (Å²) in [6.45, 7) is 8.07. The first-order chi connectivity index (χ1) is 18.9. The van der Waals surface area contributed by atoms with E-state index in [0.29, 0.717) is 40.7 Å². The first kappa shape index (κ1) is 25.7. The lowest BCUT2D eigenvalue weighted by atomic mass is 9.95. The van der Waals surface area contributed by atoms with Crippen LogP contribution < -0.4 is 9.47 Å². The maximum Gasteiger partial charge on any atom is 0.295 e. The van der Waals surface area contributed by atoms with Gasteiger partial charge in [0, 0.05) is 25.1 Å². The number of pyridine rings is 2. The zero-order chi connectivity index (χ0) is 27.5. The van der Waals surface area contributed by atoms with E-state index in [-0.39, 0.29) is 24.5 Å². The average Bonchev–Trinajstić information content (AvgIpc) is 3.41. The number of benzene rings is 1. The first-order valence-electron chi connectivity index (χ1n) is 12.6. The van der Waals surface area contributed by atoms with Gasteiger partial charge in [0.25, 0.3) is 11.7 Å². The summed E-state index contributed by atoms with van der Waals surface area (Å²) in [6, 6.07) is 13.4. The molecule has 1 aliphatic heterocycles. The van der Waals surface area contributed by atoms with Gasteiger partial charge < -0.3 is 19.5 Å². The fourth-order valence-electron chi connectivity index (χ4n) is 4.84. The number of carbonyl (C=O) groups excluding carboxylic acids is 2. The molecule has 1 N–H and O–H groups in total. The Labute approximate surface area is 225 Å². The molecule has 0 radical (unpaired) electrons. The standard InChI is InChI=1S/C30H28N4O5/c1-4-15-39-22-12-11-21(16-23(22)38-5-2)27-25(28(35)26-19(3)32-24-10-6-7-14-33(24)26)29(36)30(37)34(27)18-20-9-8-13-31-17-20/h4,6-14,16-17,27,35H,1,5,15,18H2,2-3H3/b28-25+. The Hall–Kier alpha value is -4.92. The fraction of sp³-hybridized carbons (Fsp3) is 0.200. The fourth-order valence-corrected chi connectivity index (χ4v) is 4.84. The topological polar surface area (TPSA) is 106 Å². The van der Waals surface area contributed by atoms with Crippen LogP contribution in [0.15, 0.2) is 85.3 Å². The van der Waals surface area contributed by atoms with Crippen molar-refractivity contribution in [2.45, 2.75) is 26.4 Å². The lowest BCUT2D eigenvalue weighted by Crippen LogP contribution is -2.29. The number of aliphatic hydroxyl groups is 1. The van der Waals surface area contributed by atoms with E-state index in [9.17, 15) is 14.7 Å². The molecule has 1 unspecified atom stereocenters. The van der Waals surface area contributed by atoms with E-state index in [1.807, 2.05) is 19.1 Å². The summed E-state index contributed by atoms with van der Waals surface area (Å²) >= 11 is 0. The minimum Gasteiger partial charge on any atom is -0.505 e. The molecule has 5 rings (SSSR count). The Morgan fingerprint density at radius 2 is 1.97 bits per heavy atom. The van der Waals surface area contributed by atoms with Crippen LogP contribution >= 0.6 is 0 Å². The van der Waals surface area contributed by atoms with Crippen LogP contribution in [0.5, 0.6) is 11.5 Å². The highest BCUT2D eigenvalue weighted by Crippen LogP contribution is 2.43. The second-order valence-electron chi connectivity index (χ2n) is 9.00. The number of Topliss-reactive ketones (excluding diaryl/α,β-unsaturated/α-hetero) is 1. The Bertz CT molecular complexity index is 1590. The van der Waals surface area contributed by atoms with E-state index in [4.69, 9.17) is 9.47 Å². The van der Waals surface area contributed by atoms with Crippen molar-refractivity contribution in [3.8, 4) is 11.5 Å². The Kier molecular flexibility index (Phi) is 7.14. The second-order valence-corrected chi connectivity index (χ2v) is 9.00. The number of ether oxygens (including phenoxy) is 2. The van der Waals surface area contributed by atoms with Gasteiger partial charge >= 0.3 is 0 Å². The number of hydrogen-bond donors (Lipinski definition) is 1. The zero-order valence-corrected chi connectivity index (χ0v) is 21.7. The van der Waals surface area contributed by atoms with Crippen LogP contribution in [0.25, 0.3) is 11.4 Å². The predicted octanol–water partition coefficient (Wildman–Crippen LogP) is 4.62. The number of likely N-dealkylation sites (tertiary alicyclic amines) is 1. The number of imidazole rings is 1. The highest BCUT2D eigenvalue weighted by atomic mass is 16.5. The number of aryl methyl sites for hydroxylation is 1. The quantitative estimate of drug-likeness (QED) is 0.147. The van der Waals surface area contributed by atoms with Crippen molar-refractivity contribution < 1.29 is 24.2 Å². The Morgan fingerprint density at radius 3 is 2.72 bits per heavy atom. The molecule has 0 saturated carbocycles. The third-order valence-electron chi connectivity index (χ3n) is 6.48. The number of aliphatic hydroxyl groups excluding tert-OH is 1. The van der Waals surface area contributed by atoms with E-state index in [1.165, 1.54) is 4.90 Å². The van der Waals surface area contributed by atoms with Crippen molar-refractivity contribution in [1.82, 2.24) is 19.3 Å². The first-order valence-corrected chi connectivity index (χ1v) is 12.6. The number of amides is 1. The number of rotatable bonds is 9. The molecule has 3 aromatic heterocycles. The molecule has 1 amide bonds. The number of nitrogens with zero attached hydrogens (tertiary/aromatic N) is 4. The van der Waals surface area contributed by atoms with Crippen LogP contribution in [-0.2, 0) is 16.1 Å². The Balaban J connectivity index is 1.71. The molecule has 9 nitrogen and oxygen atoms in total. The lowest BCUT2D eigenvalue weighted by molar-refractivity contribution is -0.140. The van der Waals surface area contributed by atoms with Gasteiger partial charge in [0.1, 0.15) is 17.9 Å². The third-order valence-corrected chi connectivity index (χ3v) is 6.48. The number of carbonyl (C=O) groups is 2. The predicted molar refractivity (Wildman–Crippen MR) is 145 cm³/mol. The minimum atomic E-state index is -0.897. The maximum atomic E-state index is 13.6. The van der Waals surface area contributed by atoms with Crippen molar-refractivity contribution in [1.29, 1.82) is 0 Å². The van der Waals surface area contributed by atoms with Gasteiger partial charge in [0.15, 0.2) is 17.3 Å². The van der Waals surface area contributed by atoms with Gasteiger partial charge in [-0.2, -0.15) is 0 Å². The van der Waals surface area contributed by atoms with Gasteiger partial charge in [-0.1, -0.05) is 30.9 Å². The highest BCUT2D eigenvalue weighted by Gasteiger charge is 2.47. The summed E-state index contributed by atoms with van der Waals surface area (Å²) in [7, 11) is 0. The molecule has 0 spiro atoms. The molecule has 1 atom stereocenters. The molecule has 1 aliphatic rings. The molecular formula is C30H28N4O5. The van der Waals surface area contributed by atoms with Gasteiger partial charge in [-0.05, 0) is 55.3 Å². The molecular weight excluding hydrogens is 496 g/mol. The smallest absolute Gasteiger partial charge is 0.295 e. The summed E-state index contributed by atoms with van der Waals surface area (Å²) < 4.78 is 13.3. The summed E-state index contributed by atoms with van der Waals surface area (Å²) in [5, 5.41) is 11.7. The van der Waals surface area contributed by atoms with E-state index in [0.717, 1.165) is 5.56 Å².